The van der Waals surface area contributed by atoms with Gasteiger partial charge >= 0.3 is 0 Å². The average Bonchev–Trinajstić information content (AvgIpc) is 2.29. The number of nitrogens with zero attached hydrogens (tertiary/aromatic N) is 1. The summed E-state index contributed by atoms with van der Waals surface area (Å²) in [5.41, 5.74) is 1.19. The van der Waals surface area contributed by atoms with Gasteiger partial charge in [-0.25, -0.2) is 4.39 Å². The SMILES string of the molecule is O=Cc1ccc(Cl)cc1-c1ccncc1F. The maximum atomic E-state index is 13.5. The molecular formula is C12H7ClFNO. The van der Waals surface area contributed by atoms with E-state index < -0.39 is 5.82 Å². The van der Waals surface area contributed by atoms with Crippen molar-refractivity contribution in [2.24, 2.45) is 0 Å². The Morgan fingerprint density at radius 1 is 1.25 bits per heavy atom. The van der Waals surface area contributed by atoms with Gasteiger partial charge in [-0.2, -0.15) is 0 Å². The molecule has 0 N–H and O–H groups in total. The van der Waals surface area contributed by atoms with Gasteiger partial charge in [0.25, 0.3) is 0 Å². The number of halogens is 2. The average molecular weight is 236 g/mol. The van der Waals surface area contributed by atoms with Gasteiger partial charge in [-0.1, -0.05) is 11.6 Å². The molecular weight excluding hydrogens is 229 g/mol. The zero-order valence-electron chi connectivity index (χ0n) is 8.15. The van der Waals surface area contributed by atoms with Gasteiger partial charge in [0, 0.05) is 22.3 Å². The van der Waals surface area contributed by atoms with Gasteiger partial charge in [0.05, 0.1) is 6.20 Å². The minimum Gasteiger partial charge on any atom is -0.298 e. The van der Waals surface area contributed by atoms with Gasteiger partial charge < -0.3 is 0 Å². The largest absolute Gasteiger partial charge is 0.298 e. The predicted molar refractivity (Wildman–Crippen MR) is 60.0 cm³/mol. The first-order valence-electron chi connectivity index (χ1n) is 4.57. The highest BCUT2D eigenvalue weighted by Gasteiger charge is 2.09. The summed E-state index contributed by atoms with van der Waals surface area (Å²) in [4.78, 5) is 14.5. The Hall–Kier alpha value is -1.74. The highest BCUT2D eigenvalue weighted by molar-refractivity contribution is 6.31. The van der Waals surface area contributed by atoms with Crippen molar-refractivity contribution < 1.29 is 9.18 Å². The normalized spacial score (nSPS) is 10.1. The second-order valence-corrected chi connectivity index (χ2v) is 3.64. The van der Waals surface area contributed by atoms with Gasteiger partial charge in [-0.3, -0.25) is 9.78 Å². The van der Waals surface area contributed by atoms with Crippen LogP contribution in [0.15, 0.2) is 36.7 Å². The van der Waals surface area contributed by atoms with E-state index in [1.54, 1.807) is 18.2 Å². The molecule has 4 heteroatoms. The van der Waals surface area contributed by atoms with Crippen LogP contribution in [0.5, 0.6) is 0 Å². The van der Waals surface area contributed by atoms with Crippen molar-refractivity contribution in [3.05, 3.63) is 53.1 Å². The molecule has 1 aromatic heterocycles. The monoisotopic (exact) mass is 235 g/mol. The molecule has 0 bridgehead atoms. The van der Waals surface area contributed by atoms with Crippen molar-refractivity contribution in [1.29, 1.82) is 0 Å². The number of rotatable bonds is 2. The Morgan fingerprint density at radius 2 is 2.06 bits per heavy atom. The Balaban J connectivity index is 2.67. The van der Waals surface area contributed by atoms with Crippen LogP contribution in [0.1, 0.15) is 10.4 Å². The third-order valence-electron chi connectivity index (χ3n) is 2.20. The van der Waals surface area contributed by atoms with Crippen molar-refractivity contribution in [3.63, 3.8) is 0 Å². The molecule has 80 valence electrons. The number of pyridine rings is 1. The highest BCUT2D eigenvalue weighted by atomic mass is 35.5. The minimum atomic E-state index is -0.479. The van der Waals surface area contributed by atoms with Gasteiger partial charge in [-0.15, -0.1) is 0 Å². The predicted octanol–water partition coefficient (Wildman–Crippen LogP) is 3.35. The summed E-state index contributed by atoms with van der Waals surface area (Å²) in [5, 5.41) is 0.455. The molecule has 0 aliphatic heterocycles. The van der Waals surface area contributed by atoms with E-state index in [1.165, 1.54) is 12.3 Å². The first kappa shape index (κ1) is 10.8. The van der Waals surface area contributed by atoms with Crippen LogP contribution in [-0.4, -0.2) is 11.3 Å². The van der Waals surface area contributed by atoms with Crippen molar-refractivity contribution in [1.82, 2.24) is 4.98 Å². The van der Waals surface area contributed by atoms with Crippen LogP contribution < -0.4 is 0 Å². The van der Waals surface area contributed by atoms with Crippen molar-refractivity contribution >= 4 is 17.9 Å². The number of aromatic nitrogens is 1. The van der Waals surface area contributed by atoms with Gasteiger partial charge in [0.2, 0.25) is 0 Å². The molecule has 2 nitrogen and oxygen atoms in total. The first-order chi connectivity index (χ1) is 7.72. The zero-order valence-corrected chi connectivity index (χ0v) is 8.91. The fourth-order valence-electron chi connectivity index (χ4n) is 1.46. The Morgan fingerprint density at radius 3 is 2.75 bits per heavy atom. The molecule has 0 atom stereocenters. The number of hydrogen-bond acceptors (Lipinski definition) is 2. The van der Waals surface area contributed by atoms with E-state index in [0.717, 1.165) is 6.20 Å². The molecule has 1 aromatic carbocycles. The summed E-state index contributed by atoms with van der Waals surface area (Å²) >= 11 is 5.82. The molecule has 2 rings (SSSR count). The van der Waals surface area contributed by atoms with E-state index in [2.05, 4.69) is 4.98 Å². The fourth-order valence-corrected chi connectivity index (χ4v) is 1.63. The number of hydrogen-bond donors (Lipinski definition) is 0. The van der Waals surface area contributed by atoms with Gasteiger partial charge in [-0.05, 0) is 29.8 Å². The molecule has 0 fully saturated rings. The summed E-state index contributed by atoms with van der Waals surface area (Å²) in [5.74, 6) is -0.479. The molecule has 0 aliphatic rings. The molecule has 0 radical (unpaired) electrons. The zero-order chi connectivity index (χ0) is 11.5. The summed E-state index contributed by atoms with van der Waals surface area (Å²) in [6.07, 6.45) is 3.24. The smallest absolute Gasteiger partial charge is 0.150 e. The van der Waals surface area contributed by atoms with Crippen molar-refractivity contribution in [3.8, 4) is 11.1 Å². The van der Waals surface area contributed by atoms with Crippen LogP contribution in [0.4, 0.5) is 4.39 Å². The van der Waals surface area contributed by atoms with Crippen LogP contribution in [0.2, 0.25) is 5.02 Å². The van der Waals surface area contributed by atoms with Crippen molar-refractivity contribution in [2.45, 2.75) is 0 Å². The summed E-state index contributed by atoms with van der Waals surface area (Å²) < 4.78 is 13.5. The lowest BCUT2D eigenvalue weighted by molar-refractivity contribution is 0.112. The quantitative estimate of drug-likeness (QED) is 0.747. The van der Waals surface area contributed by atoms with Gasteiger partial charge in [0.15, 0.2) is 6.29 Å². The Bertz CT molecular complexity index is 542. The topological polar surface area (TPSA) is 30.0 Å². The van der Waals surface area contributed by atoms with E-state index in [-0.39, 0.29) is 0 Å². The van der Waals surface area contributed by atoms with E-state index >= 15 is 0 Å². The second-order valence-electron chi connectivity index (χ2n) is 3.20. The lowest BCUT2D eigenvalue weighted by atomic mass is 10.0. The van der Waals surface area contributed by atoms with Crippen LogP contribution in [0.3, 0.4) is 0 Å². The summed E-state index contributed by atoms with van der Waals surface area (Å²) in [7, 11) is 0. The first-order valence-corrected chi connectivity index (χ1v) is 4.95. The fraction of sp³-hybridized carbons (Fsp3) is 0. The van der Waals surface area contributed by atoms with Crippen LogP contribution in [0.25, 0.3) is 11.1 Å². The molecule has 16 heavy (non-hydrogen) atoms. The number of carbonyl (C=O) groups excluding carboxylic acids is 1. The maximum absolute atomic E-state index is 13.5. The summed E-state index contributed by atoms with van der Waals surface area (Å²) in [6.45, 7) is 0. The van der Waals surface area contributed by atoms with Crippen molar-refractivity contribution in [2.75, 3.05) is 0 Å². The molecule has 0 spiro atoms. The Kier molecular flexibility index (Phi) is 2.97. The minimum absolute atomic E-state index is 0.319. The summed E-state index contributed by atoms with van der Waals surface area (Å²) in [6, 6.07) is 6.22. The molecule has 0 aliphatic carbocycles. The number of benzene rings is 1. The molecule has 0 saturated heterocycles. The third kappa shape index (κ3) is 1.95. The lowest BCUT2D eigenvalue weighted by Gasteiger charge is -2.06. The van der Waals surface area contributed by atoms with E-state index in [0.29, 0.717) is 28.0 Å². The van der Waals surface area contributed by atoms with Crippen LogP contribution >= 0.6 is 11.6 Å². The molecule has 0 amide bonds. The van der Waals surface area contributed by atoms with Crippen LogP contribution in [0, 0.1) is 5.82 Å². The van der Waals surface area contributed by atoms with E-state index in [4.69, 9.17) is 11.6 Å². The molecule has 0 unspecified atom stereocenters. The third-order valence-corrected chi connectivity index (χ3v) is 2.44. The number of carbonyl (C=O) groups is 1. The van der Waals surface area contributed by atoms with E-state index in [9.17, 15) is 9.18 Å². The molecule has 1 heterocycles. The highest BCUT2D eigenvalue weighted by Crippen LogP contribution is 2.27. The number of aldehydes is 1. The maximum Gasteiger partial charge on any atom is 0.150 e. The van der Waals surface area contributed by atoms with Crippen LogP contribution in [-0.2, 0) is 0 Å². The lowest BCUT2D eigenvalue weighted by Crippen LogP contribution is -1.91. The van der Waals surface area contributed by atoms with Gasteiger partial charge in [0.1, 0.15) is 5.82 Å². The standard InChI is InChI=1S/C12H7ClFNO/c13-9-2-1-8(7-16)11(5-9)10-3-4-15-6-12(10)14/h1-7H. The molecule has 2 aromatic rings. The second kappa shape index (κ2) is 4.41. The Labute approximate surface area is 96.7 Å². The van der Waals surface area contributed by atoms with E-state index in [1.807, 2.05) is 0 Å². The molecule has 0 saturated carbocycles.